The number of anilines is 1. The number of esters is 1. The number of fused-ring (bicyclic) bond motifs is 1. The lowest BCUT2D eigenvalue weighted by atomic mass is 10.1. The summed E-state index contributed by atoms with van der Waals surface area (Å²) in [6, 6.07) is 15.7. The summed E-state index contributed by atoms with van der Waals surface area (Å²) in [5, 5.41) is 4.22. The molecule has 0 saturated carbocycles. The van der Waals surface area contributed by atoms with E-state index < -0.39 is 5.97 Å². The Morgan fingerprint density at radius 1 is 1.12 bits per heavy atom. The third-order valence-corrected chi connectivity index (χ3v) is 4.98. The van der Waals surface area contributed by atoms with E-state index in [-0.39, 0.29) is 18.5 Å². The van der Waals surface area contributed by atoms with Gasteiger partial charge in [0.05, 0.1) is 12.0 Å². The van der Waals surface area contributed by atoms with Gasteiger partial charge in [0.25, 0.3) is 0 Å². The summed E-state index contributed by atoms with van der Waals surface area (Å²) in [5.41, 5.74) is 3.46. The molecule has 0 radical (unpaired) electrons. The van der Waals surface area contributed by atoms with Crippen LogP contribution in [0.15, 0.2) is 60.9 Å². The first-order chi connectivity index (χ1) is 15.5. The van der Waals surface area contributed by atoms with Crippen molar-refractivity contribution >= 4 is 22.8 Å². The van der Waals surface area contributed by atoms with Crippen LogP contribution in [-0.2, 0) is 9.53 Å². The van der Waals surface area contributed by atoms with Gasteiger partial charge in [0.1, 0.15) is 29.4 Å². The highest BCUT2D eigenvalue weighted by molar-refractivity contribution is 5.91. The highest BCUT2D eigenvalue weighted by Crippen LogP contribution is 2.29. The summed E-state index contributed by atoms with van der Waals surface area (Å²) >= 11 is 0. The lowest BCUT2D eigenvalue weighted by Crippen LogP contribution is -2.14. The highest BCUT2D eigenvalue weighted by Gasteiger charge is 2.13. The number of carbonyl (C=O) groups excluding carboxylic acids is 1. The van der Waals surface area contributed by atoms with Gasteiger partial charge in [-0.3, -0.25) is 0 Å². The number of nitrogens with zero attached hydrogens (tertiary/aromatic N) is 2. The molecule has 7 nitrogen and oxygen atoms in total. The molecule has 1 atom stereocenters. The second-order valence-corrected chi connectivity index (χ2v) is 7.20. The van der Waals surface area contributed by atoms with E-state index in [4.69, 9.17) is 9.47 Å². The Bertz CT molecular complexity index is 1210. The number of hydrogen-bond donors (Lipinski definition) is 2. The number of H-pyrrole nitrogens is 1. The number of carbonyl (C=O) groups is 1. The standard InChI is InChI=1S/C24H23FN4O3/c1-3-31-22(30)13-32-19-10-6-17(7-11-19)21-12-20-23(26-14-27-24(20)29-21)28-15(2)16-4-8-18(25)9-5-16/h4-12,14-15H,3,13H2,1-2H3,(H2,26,27,28,29)/t15-/m1/s1. The van der Waals surface area contributed by atoms with E-state index in [1.807, 2.05) is 25.1 Å². The molecular formula is C24H23FN4O3. The van der Waals surface area contributed by atoms with E-state index in [1.54, 1.807) is 31.2 Å². The number of nitrogens with one attached hydrogen (secondary N) is 2. The van der Waals surface area contributed by atoms with Gasteiger partial charge in [0, 0.05) is 11.7 Å². The van der Waals surface area contributed by atoms with Crippen molar-refractivity contribution in [2.75, 3.05) is 18.5 Å². The maximum absolute atomic E-state index is 13.2. The SMILES string of the molecule is CCOC(=O)COc1ccc(-c2cc3c(N[C@H](C)c4ccc(F)cc4)ncnc3[nH]2)cc1. The Labute approximate surface area is 184 Å². The van der Waals surface area contributed by atoms with Gasteiger partial charge in [-0.05, 0) is 67.4 Å². The average Bonchev–Trinajstić information content (AvgIpc) is 3.24. The van der Waals surface area contributed by atoms with Gasteiger partial charge in [0.15, 0.2) is 6.61 Å². The van der Waals surface area contributed by atoms with E-state index >= 15 is 0 Å². The highest BCUT2D eigenvalue weighted by atomic mass is 19.1. The van der Waals surface area contributed by atoms with Crippen LogP contribution in [-0.4, -0.2) is 34.1 Å². The van der Waals surface area contributed by atoms with Gasteiger partial charge in [0.2, 0.25) is 0 Å². The fraction of sp³-hybridized carbons (Fsp3) is 0.208. The van der Waals surface area contributed by atoms with Gasteiger partial charge < -0.3 is 19.8 Å². The fourth-order valence-corrected chi connectivity index (χ4v) is 3.33. The zero-order valence-corrected chi connectivity index (χ0v) is 17.8. The van der Waals surface area contributed by atoms with Gasteiger partial charge in [-0.25, -0.2) is 19.2 Å². The summed E-state index contributed by atoms with van der Waals surface area (Å²) < 4.78 is 23.5. The van der Waals surface area contributed by atoms with Crippen LogP contribution < -0.4 is 10.1 Å². The molecule has 0 aliphatic heterocycles. The van der Waals surface area contributed by atoms with Crippen molar-refractivity contribution in [2.24, 2.45) is 0 Å². The summed E-state index contributed by atoms with van der Waals surface area (Å²) in [4.78, 5) is 23.5. The molecule has 0 aliphatic carbocycles. The van der Waals surface area contributed by atoms with E-state index in [1.165, 1.54) is 18.5 Å². The number of aromatic nitrogens is 3. The molecule has 8 heteroatoms. The minimum absolute atomic E-state index is 0.0668. The van der Waals surface area contributed by atoms with Crippen molar-refractivity contribution in [1.29, 1.82) is 0 Å². The van der Waals surface area contributed by atoms with Crippen molar-refractivity contribution in [3.8, 4) is 17.0 Å². The third kappa shape index (κ3) is 4.85. The number of aromatic amines is 1. The maximum atomic E-state index is 13.2. The molecule has 0 saturated heterocycles. The molecule has 0 spiro atoms. The summed E-state index contributed by atoms with van der Waals surface area (Å²) in [7, 11) is 0. The molecule has 2 N–H and O–H groups in total. The predicted molar refractivity (Wildman–Crippen MR) is 120 cm³/mol. The van der Waals surface area contributed by atoms with Crippen LogP contribution in [0.5, 0.6) is 5.75 Å². The lowest BCUT2D eigenvalue weighted by Gasteiger charge is -2.15. The second kappa shape index (κ2) is 9.47. The van der Waals surface area contributed by atoms with Crippen LogP contribution in [0, 0.1) is 5.82 Å². The molecule has 2 aromatic heterocycles. The fourth-order valence-electron chi connectivity index (χ4n) is 3.33. The normalized spacial score (nSPS) is 11.8. The first-order valence-electron chi connectivity index (χ1n) is 10.3. The molecule has 32 heavy (non-hydrogen) atoms. The van der Waals surface area contributed by atoms with Crippen LogP contribution in [0.2, 0.25) is 0 Å². The van der Waals surface area contributed by atoms with Crippen molar-refractivity contribution in [2.45, 2.75) is 19.9 Å². The number of ether oxygens (including phenoxy) is 2. The Balaban J connectivity index is 1.51. The predicted octanol–water partition coefficient (Wildman–Crippen LogP) is 4.88. The third-order valence-electron chi connectivity index (χ3n) is 4.98. The zero-order chi connectivity index (χ0) is 22.5. The molecule has 164 valence electrons. The largest absolute Gasteiger partial charge is 0.482 e. The number of hydrogen-bond acceptors (Lipinski definition) is 6. The minimum atomic E-state index is -0.402. The van der Waals surface area contributed by atoms with E-state index in [9.17, 15) is 9.18 Å². The van der Waals surface area contributed by atoms with Crippen LogP contribution >= 0.6 is 0 Å². The molecular weight excluding hydrogens is 411 g/mol. The van der Waals surface area contributed by atoms with Crippen LogP contribution in [0.3, 0.4) is 0 Å². The van der Waals surface area contributed by atoms with E-state index in [0.29, 0.717) is 23.8 Å². The summed E-state index contributed by atoms with van der Waals surface area (Å²) in [6.45, 7) is 3.94. The monoisotopic (exact) mass is 434 g/mol. The number of rotatable bonds is 8. The minimum Gasteiger partial charge on any atom is -0.482 e. The molecule has 2 aromatic carbocycles. The second-order valence-electron chi connectivity index (χ2n) is 7.20. The number of benzene rings is 2. The molecule has 4 aromatic rings. The molecule has 0 bridgehead atoms. The van der Waals surface area contributed by atoms with E-state index in [2.05, 4.69) is 20.3 Å². The first-order valence-corrected chi connectivity index (χ1v) is 10.3. The van der Waals surface area contributed by atoms with Crippen molar-refractivity contribution in [3.63, 3.8) is 0 Å². The first kappa shape index (κ1) is 21.3. The average molecular weight is 434 g/mol. The van der Waals surface area contributed by atoms with Gasteiger partial charge in [-0.1, -0.05) is 12.1 Å². The molecule has 4 rings (SSSR count). The van der Waals surface area contributed by atoms with Crippen LogP contribution in [0.25, 0.3) is 22.3 Å². The quantitative estimate of drug-likeness (QED) is 0.384. The van der Waals surface area contributed by atoms with Crippen molar-refractivity contribution < 1.29 is 18.7 Å². The topological polar surface area (TPSA) is 89.1 Å². The summed E-state index contributed by atoms with van der Waals surface area (Å²) in [5.74, 6) is 0.593. The molecule has 0 amide bonds. The number of halogens is 1. The Kier molecular flexibility index (Phi) is 6.30. The lowest BCUT2D eigenvalue weighted by molar-refractivity contribution is -0.145. The van der Waals surface area contributed by atoms with Crippen LogP contribution in [0.1, 0.15) is 25.5 Å². The summed E-state index contributed by atoms with van der Waals surface area (Å²) in [6.07, 6.45) is 1.49. The molecule has 0 unspecified atom stereocenters. The molecule has 0 aliphatic rings. The van der Waals surface area contributed by atoms with Crippen molar-refractivity contribution in [1.82, 2.24) is 15.0 Å². The van der Waals surface area contributed by atoms with Gasteiger partial charge >= 0.3 is 5.97 Å². The Hall–Kier alpha value is -3.94. The maximum Gasteiger partial charge on any atom is 0.344 e. The molecule has 0 fully saturated rings. The van der Waals surface area contributed by atoms with E-state index in [0.717, 1.165) is 22.2 Å². The molecule has 2 heterocycles. The zero-order valence-electron chi connectivity index (χ0n) is 17.8. The van der Waals surface area contributed by atoms with Gasteiger partial charge in [-0.15, -0.1) is 0 Å². The Morgan fingerprint density at radius 2 is 1.88 bits per heavy atom. The van der Waals surface area contributed by atoms with Gasteiger partial charge in [-0.2, -0.15) is 0 Å². The van der Waals surface area contributed by atoms with Crippen LogP contribution in [0.4, 0.5) is 10.2 Å². The smallest absolute Gasteiger partial charge is 0.344 e. The van der Waals surface area contributed by atoms with Crippen molar-refractivity contribution in [3.05, 3.63) is 72.3 Å². The Morgan fingerprint density at radius 3 is 2.59 bits per heavy atom.